The molecule has 1 aromatic rings. The van der Waals surface area contributed by atoms with Crippen LogP contribution in [0.3, 0.4) is 0 Å². The van der Waals surface area contributed by atoms with Crippen molar-refractivity contribution in [1.29, 1.82) is 0 Å². The Kier molecular flexibility index (Phi) is 4.59. The minimum Gasteiger partial charge on any atom is -0.481 e. The molecular weight excluding hydrogens is 278 g/mol. The average Bonchev–Trinajstić information content (AvgIpc) is 2.40. The summed E-state index contributed by atoms with van der Waals surface area (Å²) in [6.07, 6.45) is 2.20. The number of carboxylic acid groups (broad SMARTS) is 1. The fraction of sp³-hybridized carbons (Fsp3) is 0.556. The molecule has 1 amide bonds. The molecule has 0 bridgehead atoms. The largest absolute Gasteiger partial charge is 0.481 e. The Morgan fingerprint density at radius 3 is 2.41 bits per heavy atom. The van der Waals surface area contributed by atoms with Crippen molar-refractivity contribution < 1.29 is 14.7 Å². The first-order chi connectivity index (χ1) is 10.3. The third-order valence-electron chi connectivity index (χ3n) is 4.86. The van der Waals surface area contributed by atoms with Crippen LogP contribution in [0.2, 0.25) is 0 Å². The number of hydrogen-bond acceptors (Lipinski definition) is 2. The fourth-order valence-corrected chi connectivity index (χ4v) is 3.19. The molecule has 4 nitrogen and oxygen atoms in total. The van der Waals surface area contributed by atoms with Gasteiger partial charge in [0, 0.05) is 18.4 Å². The van der Waals surface area contributed by atoms with E-state index in [-0.39, 0.29) is 17.7 Å². The van der Waals surface area contributed by atoms with Gasteiger partial charge in [0.25, 0.3) is 0 Å². The Hall–Kier alpha value is -1.84. The van der Waals surface area contributed by atoms with Crippen LogP contribution >= 0.6 is 0 Å². The summed E-state index contributed by atoms with van der Waals surface area (Å²) in [5.41, 5.74) is 1.39. The van der Waals surface area contributed by atoms with E-state index in [0.29, 0.717) is 19.4 Å². The van der Waals surface area contributed by atoms with Crippen LogP contribution in [0, 0.1) is 12.3 Å². The van der Waals surface area contributed by atoms with Gasteiger partial charge < -0.3 is 10.4 Å². The van der Waals surface area contributed by atoms with Gasteiger partial charge in [-0.3, -0.25) is 9.59 Å². The number of aliphatic carboxylic acids is 1. The molecule has 0 radical (unpaired) electrons. The SMILES string of the molecule is Cc1ccccc1C(C)(C)CNC(=O)CC1(C(=O)O)CCC1. The van der Waals surface area contributed by atoms with Crippen LogP contribution in [0.25, 0.3) is 0 Å². The number of amides is 1. The number of carbonyl (C=O) groups is 2. The highest BCUT2D eigenvalue weighted by molar-refractivity contribution is 5.85. The number of nitrogens with one attached hydrogen (secondary N) is 1. The predicted molar refractivity (Wildman–Crippen MR) is 85.8 cm³/mol. The van der Waals surface area contributed by atoms with E-state index in [1.807, 2.05) is 12.1 Å². The molecule has 0 saturated heterocycles. The van der Waals surface area contributed by atoms with E-state index in [9.17, 15) is 14.7 Å². The lowest BCUT2D eigenvalue weighted by Crippen LogP contribution is -2.44. The molecule has 0 unspecified atom stereocenters. The van der Waals surface area contributed by atoms with Gasteiger partial charge in [0.05, 0.1) is 5.41 Å². The lowest BCUT2D eigenvalue weighted by atomic mass is 9.66. The lowest BCUT2D eigenvalue weighted by Gasteiger charge is -2.37. The van der Waals surface area contributed by atoms with Crippen molar-refractivity contribution >= 4 is 11.9 Å². The normalized spacial score (nSPS) is 16.7. The van der Waals surface area contributed by atoms with E-state index >= 15 is 0 Å². The zero-order chi connectivity index (χ0) is 16.4. The van der Waals surface area contributed by atoms with Crippen LogP contribution in [-0.2, 0) is 15.0 Å². The van der Waals surface area contributed by atoms with Crippen LogP contribution in [0.4, 0.5) is 0 Å². The minimum absolute atomic E-state index is 0.0895. The van der Waals surface area contributed by atoms with Gasteiger partial charge in [-0.15, -0.1) is 0 Å². The van der Waals surface area contributed by atoms with Crippen molar-refractivity contribution in [2.75, 3.05) is 6.54 Å². The molecule has 0 aromatic heterocycles. The average molecular weight is 303 g/mol. The molecule has 0 heterocycles. The van der Waals surface area contributed by atoms with Crippen LogP contribution in [-0.4, -0.2) is 23.5 Å². The highest BCUT2D eigenvalue weighted by Crippen LogP contribution is 2.44. The lowest BCUT2D eigenvalue weighted by molar-refractivity contribution is -0.157. The minimum atomic E-state index is -0.841. The van der Waals surface area contributed by atoms with Crippen LogP contribution in [0.5, 0.6) is 0 Å². The number of carbonyl (C=O) groups excluding carboxylic acids is 1. The van der Waals surface area contributed by atoms with E-state index in [0.717, 1.165) is 6.42 Å². The topological polar surface area (TPSA) is 66.4 Å². The first-order valence-electron chi connectivity index (χ1n) is 7.83. The molecule has 0 atom stereocenters. The van der Waals surface area contributed by atoms with E-state index < -0.39 is 11.4 Å². The first-order valence-corrected chi connectivity index (χ1v) is 7.83. The molecule has 2 rings (SSSR count). The van der Waals surface area contributed by atoms with Gasteiger partial charge in [-0.2, -0.15) is 0 Å². The van der Waals surface area contributed by atoms with Crippen LogP contribution < -0.4 is 5.32 Å². The number of carboxylic acids is 1. The second kappa shape index (κ2) is 6.11. The third-order valence-corrected chi connectivity index (χ3v) is 4.86. The second-order valence-corrected chi connectivity index (χ2v) is 7.09. The molecule has 4 heteroatoms. The van der Waals surface area contributed by atoms with Crippen molar-refractivity contribution in [3.63, 3.8) is 0 Å². The monoisotopic (exact) mass is 303 g/mol. The summed E-state index contributed by atoms with van der Waals surface area (Å²) in [6.45, 7) is 6.75. The van der Waals surface area contributed by atoms with Crippen molar-refractivity contribution in [3.8, 4) is 0 Å². The fourth-order valence-electron chi connectivity index (χ4n) is 3.19. The summed E-state index contributed by atoms with van der Waals surface area (Å²) >= 11 is 0. The number of hydrogen-bond donors (Lipinski definition) is 2. The maximum Gasteiger partial charge on any atom is 0.310 e. The zero-order valence-corrected chi connectivity index (χ0v) is 13.6. The van der Waals surface area contributed by atoms with Gasteiger partial charge >= 0.3 is 5.97 Å². The number of benzene rings is 1. The summed E-state index contributed by atoms with van der Waals surface area (Å²) in [5, 5.41) is 12.2. The van der Waals surface area contributed by atoms with Crippen molar-refractivity contribution in [1.82, 2.24) is 5.32 Å². The summed E-state index contributed by atoms with van der Waals surface area (Å²) < 4.78 is 0. The summed E-state index contributed by atoms with van der Waals surface area (Å²) in [6, 6.07) is 8.14. The molecule has 2 N–H and O–H groups in total. The van der Waals surface area contributed by atoms with E-state index in [1.165, 1.54) is 11.1 Å². The standard InChI is InChI=1S/C18H25NO3/c1-13-7-4-5-8-14(13)17(2,3)12-19-15(20)11-18(16(21)22)9-6-10-18/h4-5,7-8H,6,9-12H2,1-3H3,(H,19,20)(H,21,22). The molecule has 0 aliphatic heterocycles. The molecule has 120 valence electrons. The molecule has 1 aliphatic carbocycles. The van der Waals surface area contributed by atoms with Crippen LogP contribution in [0.15, 0.2) is 24.3 Å². The Labute approximate surface area is 131 Å². The quantitative estimate of drug-likeness (QED) is 0.849. The molecule has 1 saturated carbocycles. The molecule has 1 aromatic carbocycles. The Morgan fingerprint density at radius 2 is 1.91 bits per heavy atom. The predicted octanol–water partition coefficient (Wildman–Crippen LogP) is 3.03. The summed E-state index contributed by atoms with van der Waals surface area (Å²) in [7, 11) is 0. The van der Waals surface area contributed by atoms with Crippen molar-refractivity contribution in [3.05, 3.63) is 35.4 Å². The maximum atomic E-state index is 12.1. The smallest absolute Gasteiger partial charge is 0.310 e. The van der Waals surface area contributed by atoms with E-state index in [1.54, 1.807) is 0 Å². The highest BCUT2D eigenvalue weighted by atomic mass is 16.4. The Morgan fingerprint density at radius 1 is 1.27 bits per heavy atom. The highest BCUT2D eigenvalue weighted by Gasteiger charge is 2.45. The van der Waals surface area contributed by atoms with Crippen LogP contribution in [0.1, 0.15) is 50.7 Å². The van der Waals surface area contributed by atoms with Crippen molar-refractivity contribution in [2.45, 2.75) is 51.9 Å². The molecule has 1 fully saturated rings. The number of aryl methyl sites for hydroxylation is 1. The van der Waals surface area contributed by atoms with Crippen molar-refractivity contribution in [2.24, 2.45) is 5.41 Å². The van der Waals surface area contributed by atoms with E-state index in [4.69, 9.17) is 0 Å². The Bertz CT molecular complexity index is 573. The Balaban J connectivity index is 1.96. The molecule has 1 aliphatic rings. The third kappa shape index (κ3) is 3.32. The summed E-state index contributed by atoms with van der Waals surface area (Å²) in [5.74, 6) is -1.00. The second-order valence-electron chi connectivity index (χ2n) is 7.09. The van der Waals surface area contributed by atoms with Gasteiger partial charge in [-0.1, -0.05) is 44.5 Å². The van der Waals surface area contributed by atoms with E-state index in [2.05, 4.69) is 38.2 Å². The van der Waals surface area contributed by atoms with Gasteiger partial charge in [0.15, 0.2) is 0 Å². The summed E-state index contributed by atoms with van der Waals surface area (Å²) in [4.78, 5) is 23.5. The van der Waals surface area contributed by atoms with Gasteiger partial charge in [0.1, 0.15) is 0 Å². The maximum absolute atomic E-state index is 12.1. The molecule has 22 heavy (non-hydrogen) atoms. The number of rotatable bonds is 6. The molecular formula is C18H25NO3. The molecule has 0 spiro atoms. The van der Waals surface area contributed by atoms with Gasteiger partial charge in [-0.25, -0.2) is 0 Å². The van der Waals surface area contributed by atoms with Gasteiger partial charge in [0.2, 0.25) is 5.91 Å². The first kappa shape index (κ1) is 16.5. The zero-order valence-electron chi connectivity index (χ0n) is 13.6. The van der Waals surface area contributed by atoms with Gasteiger partial charge in [-0.05, 0) is 30.9 Å².